The van der Waals surface area contributed by atoms with Crippen LogP contribution in [0.2, 0.25) is 5.79 Å². The maximum Gasteiger partial charge on any atom is 0.247 e. The number of benzene rings is 3. The van der Waals surface area contributed by atoms with Crippen LogP contribution in [-0.2, 0) is 10.8 Å². The van der Waals surface area contributed by atoms with E-state index in [1.165, 1.54) is 20.5 Å². The molecule has 0 saturated heterocycles. The zero-order chi connectivity index (χ0) is 23.4. The van der Waals surface area contributed by atoms with Crippen LogP contribution >= 0.6 is 11.3 Å². The van der Waals surface area contributed by atoms with Gasteiger partial charge in [-0.3, -0.25) is 0 Å². The molecule has 0 saturated carbocycles. The van der Waals surface area contributed by atoms with Crippen molar-refractivity contribution < 1.29 is 0 Å². The molecule has 4 aliphatic carbocycles. The van der Waals surface area contributed by atoms with Crippen molar-refractivity contribution in [1.29, 1.82) is 0 Å². The minimum atomic E-state index is -0.137. The fourth-order valence-corrected chi connectivity index (χ4v) is 10.5. The van der Waals surface area contributed by atoms with Gasteiger partial charge in [-0.1, -0.05) is 91.9 Å². The molecule has 0 aliphatic heterocycles. The van der Waals surface area contributed by atoms with Gasteiger partial charge in [0.05, 0.1) is 5.41 Å². The van der Waals surface area contributed by atoms with Crippen LogP contribution in [0, 0.1) is 0 Å². The number of hydrogen-bond acceptors (Lipinski definition) is 1. The summed E-state index contributed by atoms with van der Waals surface area (Å²) in [6.07, 6.45) is 13.3. The van der Waals surface area contributed by atoms with Crippen LogP contribution in [0.15, 0.2) is 96.6 Å². The van der Waals surface area contributed by atoms with Crippen molar-refractivity contribution in [3.05, 3.63) is 129 Å². The van der Waals surface area contributed by atoms with Crippen LogP contribution in [0.5, 0.6) is 0 Å². The highest BCUT2D eigenvalue weighted by Crippen LogP contribution is 2.73. The molecule has 0 nitrogen and oxygen atoms in total. The first kappa shape index (κ1) is 20.6. The molecule has 4 aromatic rings. The van der Waals surface area contributed by atoms with Crippen LogP contribution < -0.4 is 4.43 Å². The molecule has 0 amide bonds. The summed E-state index contributed by atoms with van der Waals surface area (Å²) < 4.78 is 3.02. The Labute approximate surface area is 217 Å². The predicted molar refractivity (Wildman–Crippen MR) is 150 cm³/mol. The Morgan fingerprint density at radius 2 is 1.74 bits per heavy atom. The lowest BCUT2D eigenvalue weighted by Crippen LogP contribution is -2.50. The zero-order valence-corrected chi connectivity index (χ0v) is 22.1. The highest BCUT2D eigenvalue weighted by atomic mass is 32.1. The molecule has 0 bridgehead atoms. The van der Waals surface area contributed by atoms with E-state index in [1.807, 2.05) is 11.3 Å². The van der Waals surface area contributed by atoms with Crippen molar-refractivity contribution in [2.75, 3.05) is 0 Å². The monoisotopic (exact) mass is 481 g/mol. The van der Waals surface area contributed by atoms with Crippen molar-refractivity contribution in [2.45, 2.75) is 41.8 Å². The van der Waals surface area contributed by atoms with Gasteiger partial charge >= 0.3 is 0 Å². The second-order valence-electron chi connectivity index (χ2n) is 10.7. The highest BCUT2D eigenvalue weighted by Gasteiger charge is 2.68. The largest absolute Gasteiger partial charge is 0.247 e. The lowest BCUT2D eigenvalue weighted by Gasteiger charge is -2.49. The second-order valence-corrected chi connectivity index (χ2v) is 12.9. The predicted octanol–water partition coefficient (Wildman–Crippen LogP) is 7.63. The van der Waals surface area contributed by atoms with Gasteiger partial charge in [-0.05, 0) is 57.3 Å². The third kappa shape index (κ3) is 2.22. The van der Waals surface area contributed by atoms with Gasteiger partial charge in [-0.2, -0.15) is 0 Å². The lowest BCUT2D eigenvalue weighted by atomic mass is 9.52. The fourth-order valence-electron chi connectivity index (χ4n) is 8.33. The van der Waals surface area contributed by atoms with Gasteiger partial charge in [-0.25, -0.2) is 0 Å². The Morgan fingerprint density at radius 1 is 0.914 bits per heavy atom. The average Bonchev–Trinajstić information content (AvgIpc) is 3.51. The van der Waals surface area contributed by atoms with Gasteiger partial charge in [0.1, 0.15) is 0 Å². The number of fused-ring (bicyclic) bond motifs is 14. The maximum atomic E-state index is 2.62. The Kier molecular flexibility index (Phi) is 4.10. The van der Waals surface area contributed by atoms with Gasteiger partial charge < -0.3 is 0 Å². The van der Waals surface area contributed by atoms with Crippen molar-refractivity contribution in [3.63, 3.8) is 0 Å². The molecule has 1 heterocycles. The van der Waals surface area contributed by atoms with Crippen molar-refractivity contribution in [3.8, 4) is 0 Å². The summed E-state index contributed by atoms with van der Waals surface area (Å²) in [6.45, 7) is 2.62. The van der Waals surface area contributed by atoms with E-state index in [1.54, 1.807) is 32.3 Å². The van der Waals surface area contributed by atoms with Gasteiger partial charge in [0.2, 0.25) is 15.2 Å². The topological polar surface area (TPSA) is 0 Å². The van der Waals surface area contributed by atoms with Gasteiger partial charge in [0, 0.05) is 26.8 Å². The van der Waals surface area contributed by atoms with E-state index >= 15 is 0 Å². The van der Waals surface area contributed by atoms with E-state index in [-0.39, 0.29) is 26.0 Å². The Morgan fingerprint density at radius 3 is 2.66 bits per heavy atom. The highest BCUT2D eigenvalue weighted by molar-refractivity contribution is 7.20. The smallest absolute Gasteiger partial charge is 0.136 e. The SMILES string of the molecule is [CH3][Al][c]1cccc2c1C1(C3=CC=CCC32)c2ccccc2C2C=Cc3sc4ccccc4c3C21C. The number of hydrogen-bond donors (Lipinski definition) is 0. The molecule has 1 radical (unpaired) electrons. The van der Waals surface area contributed by atoms with Gasteiger partial charge in [0.15, 0.2) is 0 Å². The molecule has 1 aromatic heterocycles. The fraction of sp³-hybridized carbons (Fsp3) is 0.212. The van der Waals surface area contributed by atoms with E-state index < -0.39 is 0 Å². The summed E-state index contributed by atoms with van der Waals surface area (Å²) in [5.41, 5.74) is 9.29. The molecule has 8 rings (SSSR count). The van der Waals surface area contributed by atoms with Crippen molar-refractivity contribution >= 4 is 47.1 Å². The molecule has 167 valence electrons. The number of allylic oxidation sites excluding steroid dienone is 5. The van der Waals surface area contributed by atoms with E-state index in [2.05, 4.69) is 110 Å². The first-order chi connectivity index (χ1) is 17.2. The van der Waals surface area contributed by atoms with Crippen LogP contribution in [-0.4, -0.2) is 15.2 Å². The third-order valence-electron chi connectivity index (χ3n) is 9.47. The molecule has 4 aliphatic rings. The zero-order valence-electron chi connectivity index (χ0n) is 20.1. The molecular formula is C33H26AlS. The molecule has 1 spiro atoms. The number of rotatable bonds is 1. The van der Waals surface area contributed by atoms with Gasteiger partial charge in [0.25, 0.3) is 0 Å². The standard InChI is InChI=1S/C32H23S.CH3.Al/c1-31-24(18-19-29-30(31)23-13-5-9-17-28(23)33-29)22-12-4-8-16-27(22)32(31)25-14-6-2-10-20(25)21-11-3-7-15-26(21)32;;/h2-10,12-13,15-19,21,24H,11H2,1H3;1H3;. The van der Waals surface area contributed by atoms with Gasteiger partial charge in [-0.15, -0.1) is 21.5 Å². The Hall–Kier alpha value is -2.63. The average molecular weight is 482 g/mol. The quantitative estimate of drug-likeness (QED) is 0.245. The molecule has 4 unspecified atom stereocenters. The lowest BCUT2D eigenvalue weighted by molar-refractivity contribution is 0.329. The molecule has 0 fully saturated rings. The summed E-state index contributed by atoms with van der Waals surface area (Å²) in [7, 11) is 0. The summed E-state index contributed by atoms with van der Waals surface area (Å²) >= 11 is 2.18. The Balaban J connectivity index is 1.61. The van der Waals surface area contributed by atoms with Crippen LogP contribution in [0.3, 0.4) is 0 Å². The maximum absolute atomic E-state index is 2.62. The minimum Gasteiger partial charge on any atom is -0.136 e. The molecular weight excluding hydrogens is 455 g/mol. The van der Waals surface area contributed by atoms with E-state index in [9.17, 15) is 0 Å². The summed E-state index contributed by atoms with van der Waals surface area (Å²) in [5, 5.41) is 1.45. The summed E-state index contributed by atoms with van der Waals surface area (Å²) in [4.78, 5) is 1.45. The van der Waals surface area contributed by atoms with E-state index in [0.717, 1.165) is 6.42 Å². The first-order valence-corrected chi connectivity index (χ1v) is 15.4. The summed E-state index contributed by atoms with van der Waals surface area (Å²) in [6, 6.07) is 25.8. The van der Waals surface area contributed by atoms with Crippen molar-refractivity contribution in [1.82, 2.24) is 0 Å². The van der Waals surface area contributed by atoms with Crippen LogP contribution in [0.4, 0.5) is 0 Å². The van der Waals surface area contributed by atoms with E-state index in [4.69, 9.17) is 0 Å². The molecule has 4 atom stereocenters. The molecule has 2 heteroatoms. The number of thiophene rings is 1. The van der Waals surface area contributed by atoms with E-state index in [0.29, 0.717) is 11.8 Å². The third-order valence-corrected chi connectivity index (χ3v) is 11.7. The van der Waals surface area contributed by atoms with Crippen molar-refractivity contribution in [2.24, 2.45) is 0 Å². The second kappa shape index (κ2) is 6.98. The Bertz CT molecular complexity index is 1650. The normalized spacial score (nSPS) is 28.9. The minimum absolute atomic E-state index is 0.0778. The molecule has 3 aromatic carbocycles. The van der Waals surface area contributed by atoms with Crippen LogP contribution in [0.1, 0.15) is 57.9 Å². The first-order valence-electron chi connectivity index (χ1n) is 12.8. The molecule has 0 N–H and O–H groups in total. The molecule has 35 heavy (non-hydrogen) atoms. The van der Waals surface area contributed by atoms with Crippen LogP contribution in [0.25, 0.3) is 16.2 Å². The summed E-state index contributed by atoms with van der Waals surface area (Å²) in [5.74, 6) is 3.26.